The minimum Gasteiger partial charge on any atom is -0.348 e. The summed E-state index contributed by atoms with van der Waals surface area (Å²) in [7, 11) is 0. The summed E-state index contributed by atoms with van der Waals surface area (Å²) in [5.41, 5.74) is 1.69. The van der Waals surface area contributed by atoms with Crippen LogP contribution in [0, 0.1) is 0 Å². The monoisotopic (exact) mass is 224 g/mol. The Hall–Kier alpha value is -2.29. The lowest BCUT2D eigenvalue weighted by atomic mass is 9.90. The standard InChI is InChI=1S/C14H10NO2/c16-8-15-12-6-5-11-13(17)7-4-9-2-1-3-10(12)14(9)11/h1-8,12H,(H,15,16). The lowest BCUT2D eigenvalue weighted by Gasteiger charge is -2.20. The van der Waals surface area contributed by atoms with Crippen molar-refractivity contribution in [2.24, 2.45) is 0 Å². The SMILES string of the molecule is [O]c1ccc2cccc3c2c1C=CC3NC=O. The Morgan fingerprint density at radius 3 is 2.88 bits per heavy atom. The predicted molar refractivity (Wildman–Crippen MR) is 65.1 cm³/mol. The van der Waals surface area contributed by atoms with Gasteiger partial charge in [0.1, 0.15) is 0 Å². The van der Waals surface area contributed by atoms with Crippen molar-refractivity contribution in [3.05, 3.63) is 47.5 Å². The zero-order valence-electron chi connectivity index (χ0n) is 9.01. The minimum atomic E-state index is -0.148. The average molecular weight is 224 g/mol. The summed E-state index contributed by atoms with van der Waals surface area (Å²) in [4.78, 5) is 10.6. The number of carbonyl (C=O) groups is 1. The highest BCUT2D eigenvalue weighted by Gasteiger charge is 2.19. The maximum absolute atomic E-state index is 11.8. The molecule has 0 spiro atoms. The van der Waals surface area contributed by atoms with Gasteiger partial charge in [-0.15, -0.1) is 0 Å². The van der Waals surface area contributed by atoms with E-state index in [1.54, 1.807) is 12.1 Å². The molecule has 3 rings (SSSR count). The van der Waals surface area contributed by atoms with E-state index >= 15 is 0 Å². The predicted octanol–water partition coefficient (Wildman–Crippen LogP) is 2.80. The van der Waals surface area contributed by atoms with E-state index in [2.05, 4.69) is 5.32 Å². The first-order valence-electron chi connectivity index (χ1n) is 5.42. The maximum atomic E-state index is 11.8. The normalized spacial score (nSPS) is 17.1. The molecule has 1 unspecified atom stereocenters. The first-order valence-corrected chi connectivity index (χ1v) is 5.42. The van der Waals surface area contributed by atoms with Crippen LogP contribution in [0.4, 0.5) is 0 Å². The van der Waals surface area contributed by atoms with Gasteiger partial charge in [-0.2, -0.15) is 0 Å². The Kier molecular flexibility index (Phi) is 2.11. The van der Waals surface area contributed by atoms with Gasteiger partial charge in [0.05, 0.1) is 6.04 Å². The van der Waals surface area contributed by atoms with Gasteiger partial charge in [-0.3, -0.25) is 9.90 Å². The van der Waals surface area contributed by atoms with Crippen molar-refractivity contribution in [2.45, 2.75) is 6.04 Å². The summed E-state index contributed by atoms with van der Waals surface area (Å²) in [6, 6.07) is 9.10. The zero-order chi connectivity index (χ0) is 11.8. The Balaban J connectivity index is 2.35. The van der Waals surface area contributed by atoms with Gasteiger partial charge in [0.2, 0.25) is 6.41 Å². The molecule has 1 aliphatic carbocycles. The molecule has 1 atom stereocenters. The smallest absolute Gasteiger partial charge is 0.207 e. The van der Waals surface area contributed by atoms with E-state index in [-0.39, 0.29) is 11.8 Å². The van der Waals surface area contributed by atoms with Crippen LogP contribution in [0.3, 0.4) is 0 Å². The zero-order valence-corrected chi connectivity index (χ0v) is 9.01. The van der Waals surface area contributed by atoms with Crippen LogP contribution in [0.2, 0.25) is 0 Å². The molecule has 1 amide bonds. The average Bonchev–Trinajstić information content (AvgIpc) is 2.36. The van der Waals surface area contributed by atoms with Crippen LogP contribution < -0.4 is 5.32 Å². The molecule has 0 saturated carbocycles. The van der Waals surface area contributed by atoms with Gasteiger partial charge in [-0.25, -0.2) is 0 Å². The molecule has 1 N–H and O–H groups in total. The molecule has 0 aromatic heterocycles. The third-order valence-corrected chi connectivity index (χ3v) is 3.12. The molecular formula is C14H10NO2. The fourth-order valence-electron chi connectivity index (χ4n) is 2.36. The van der Waals surface area contributed by atoms with Gasteiger partial charge in [0, 0.05) is 5.56 Å². The van der Waals surface area contributed by atoms with Crippen LogP contribution in [-0.4, -0.2) is 6.41 Å². The van der Waals surface area contributed by atoms with E-state index in [1.165, 1.54) is 0 Å². The van der Waals surface area contributed by atoms with E-state index < -0.39 is 0 Å². The van der Waals surface area contributed by atoms with E-state index in [0.717, 1.165) is 16.3 Å². The Morgan fingerprint density at radius 1 is 1.18 bits per heavy atom. The molecule has 0 fully saturated rings. The lowest BCUT2D eigenvalue weighted by molar-refractivity contribution is -0.109. The molecule has 1 radical (unpaired) electrons. The van der Waals surface area contributed by atoms with Crippen LogP contribution in [0.25, 0.3) is 16.8 Å². The van der Waals surface area contributed by atoms with E-state index in [4.69, 9.17) is 0 Å². The van der Waals surface area contributed by atoms with Gasteiger partial charge in [-0.1, -0.05) is 36.4 Å². The van der Waals surface area contributed by atoms with Crippen LogP contribution in [0.1, 0.15) is 17.2 Å². The van der Waals surface area contributed by atoms with Gasteiger partial charge in [-0.05, 0) is 22.4 Å². The van der Waals surface area contributed by atoms with Gasteiger partial charge in [0.25, 0.3) is 0 Å². The summed E-state index contributed by atoms with van der Waals surface area (Å²) in [6.45, 7) is 0. The van der Waals surface area contributed by atoms with Gasteiger partial charge in [0.15, 0.2) is 5.75 Å². The molecule has 2 aromatic carbocycles. The Morgan fingerprint density at radius 2 is 2.06 bits per heavy atom. The largest absolute Gasteiger partial charge is 0.348 e. The first-order chi connectivity index (χ1) is 8.31. The molecule has 3 nitrogen and oxygen atoms in total. The van der Waals surface area contributed by atoms with E-state index in [1.807, 2.05) is 30.3 Å². The number of nitrogens with one attached hydrogen (secondary N) is 1. The Bertz CT molecular complexity index is 631. The molecule has 17 heavy (non-hydrogen) atoms. The molecule has 0 bridgehead atoms. The third-order valence-electron chi connectivity index (χ3n) is 3.12. The summed E-state index contributed by atoms with van der Waals surface area (Å²) >= 11 is 0. The quantitative estimate of drug-likeness (QED) is 0.783. The van der Waals surface area contributed by atoms with Crippen molar-refractivity contribution in [1.29, 1.82) is 0 Å². The maximum Gasteiger partial charge on any atom is 0.207 e. The molecule has 0 saturated heterocycles. The second-order valence-corrected chi connectivity index (χ2v) is 4.04. The van der Waals surface area contributed by atoms with Crippen molar-refractivity contribution >= 4 is 23.3 Å². The fourth-order valence-corrected chi connectivity index (χ4v) is 2.36. The summed E-state index contributed by atoms with van der Waals surface area (Å²) in [6.07, 6.45) is 4.31. The van der Waals surface area contributed by atoms with Crippen LogP contribution in [0.5, 0.6) is 5.75 Å². The molecular weight excluding hydrogens is 214 g/mol. The van der Waals surface area contributed by atoms with Crippen molar-refractivity contribution < 1.29 is 9.90 Å². The van der Waals surface area contributed by atoms with Gasteiger partial charge < -0.3 is 5.32 Å². The van der Waals surface area contributed by atoms with Gasteiger partial charge >= 0.3 is 0 Å². The van der Waals surface area contributed by atoms with Crippen molar-refractivity contribution in [1.82, 2.24) is 5.32 Å². The number of hydrogen-bond donors (Lipinski definition) is 1. The highest BCUT2D eigenvalue weighted by Crippen LogP contribution is 2.37. The molecule has 3 heteroatoms. The number of benzene rings is 2. The van der Waals surface area contributed by atoms with Crippen LogP contribution in [-0.2, 0) is 9.90 Å². The van der Waals surface area contributed by atoms with Crippen molar-refractivity contribution in [2.75, 3.05) is 0 Å². The Labute approximate surface area is 98.4 Å². The molecule has 2 aromatic rings. The highest BCUT2D eigenvalue weighted by molar-refractivity contribution is 5.97. The van der Waals surface area contributed by atoms with Crippen molar-refractivity contribution in [3.63, 3.8) is 0 Å². The number of rotatable bonds is 2. The highest BCUT2D eigenvalue weighted by atomic mass is 16.3. The lowest BCUT2D eigenvalue weighted by Crippen LogP contribution is -2.19. The molecule has 1 aliphatic rings. The molecule has 83 valence electrons. The van der Waals surface area contributed by atoms with E-state index in [9.17, 15) is 9.90 Å². The first kappa shape index (κ1) is 9.90. The summed E-state index contributed by atoms with van der Waals surface area (Å²) in [5.74, 6) is 0.0192. The minimum absolute atomic E-state index is 0.0192. The fraction of sp³-hybridized carbons (Fsp3) is 0.0714. The number of amides is 1. The van der Waals surface area contributed by atoms with E-state index in [0.29, 0.717) is 12.0 Å². The summed E-state index contributed by atoms with van der Waals surface area (Å²) < 4.78 is 0. The third kappa shape index (κ3) is 1.40. The van der Waals surface area contributed by atoms with Crippen LogP contribution >= 0.6 is 0 Å². The topological polar surface area (TPSA) is 49.0 Å². The second kappa shape index (κ2) is 3.63. The second-order valence-electron chi connectivity index (χ2n) is 4.04. The van der Waals surface area contributed by atoms with Crippen molar-refractivity contribution in [3.8, 4) is 5.75 Å². The van der Waals surface area contributed by atoms with Crippen LogP contribution in [0.15, 0.2) is 36.4 Å². The number of carbonyl (C=O) groups excluding carboxylic acids is 1. The molecule has 0 heterocycles. The summed E-state index contributed by atoms with van der Waals surface area (Å²) in [5, 5.41) is 16.5. The number of hydrogen-bond acceptors (Lipinski definition) is 1. The molecule has 0 aliphatic heterocycles.